The standard InChI is InChI=1S/C27H36N8O5/c1-17(2)12-13-18-23-24(29-16-28-18)33-21(32-23)15-35-14-8-10-20(26(35)38)30-25(37)19(31-27(39)40-5)9-6-7-11-22(36)34(3)4/h7-8,10-11,14,16-17,19H,6,9,12-13,15H2,1-5H3,(H,30,37)(H,31,39)(H,28,29,32,33)/b11-7+/t19-/m0/s1. The fraction of sp³-hybridized carbons (Fsp3) is 0.444. The molecular weight excluding hydrogens is 516 g/mol. The maximum atomic E-state index is 13.2. The second-order valence-corrected chi connectivity index (χ2v) is 9.88. The molecule has 3 aromatic heterocycles. The number of nitrogens with zero attached hydrogens (tertiary/aromatic N) is 5. The number of rotatable bonds is 12. The van der Waals surface area contributed by atoms with Gasteiger partial charge in [-0.1, -0.05) is 19.9 Å². The number of aromatic nitrogens is 5. The Hall–Kier alpha value is -4.55. The van der Waals surface area contributed by atoms with Gasteiger partial charge in [-0.25, -0.2) is 19.7 Å². The average Bonchev–Trinajstić information content (AvgIpc) is 3.34. The Bertz CT molecular complexity index is 1430. The molecule has 3 N–H and O–H groups in total. The minimum atomic E-state index is -1.00. The number of carbonyl (C=O) groups excluding carboxylic acids is 3. The van der Waals surface area contributed by atoms with Crippen molar-refractivity contribution < 1.29 is 19.1 Å². The Morgan fingerprint density at radius 2 is 1.98 bits per heavy atom. The maximum Gasteiger partial charge on any atom is 0.407 e. The van der Waals surface area contributed by atoms with E-state index >= 15 is 0 Å². The van der Waals surface area contributed by atoms with Crippen LogP contribution in [0.1, 0.15) is 44.6 Å². The van der Waals surface area contributed by atoms with Gasteiger partial charge in [-0.3, -0.25) is 14.4 Å². The van der Waals surface area contributed by atoms with Gasteiger partial charge in [0.2, 0.25) is 11.8 Å². The number of ether oxygens (including phenoxy) is 1. The summed E-state index contributed by atoms with van der Waals surface area (Å²) in [6.07, 6.45) is 7.54. The number of carbonyl (C=O) groups is 3. The van der Waals surface area contributed by atoms with E-state index in [-0.39, 0.29) is 24.6 Å². The number of fused-ring (bicyclic) bond motifs is 1. The number of alkyl carbamates (subject to hydrolysis) is 1. The number of anilines is 1. The summed E-state index contributed by atoms with van der Waals surface area (Å²) in [7, 11) is 4.44. The highest BCUT2D eigenvalue weighted by molar-refractivity contribution is 5.96. The Morgan fingerprint density at radius 3 is 2.67 bits per heavy atom. The van der Waals surface area contributed by atoms with Crippen molar-refractivity contribution in [3.05, 3.63) is 58.7 Å². The molecular formula is C27H36N8O5. The predicted molar refractivity (Wildman–Crippen MR) is 150 cm³/mol. The monoisotopic (exact) mass is 552 g/mol. The Kier molecular flexibility index (Phi) is 10.5. The third-order valence-corrected chi connectivity index (χ3v) is 6.08. The maximum absolute atomic E-state index is 13.2. The van der Waals surface area contributed by atoms with Gasteiger partial charge in [0.05, 0.1) is 19.3 Å². The first-order chi connectivity index (χ1) is 19.1. The Labute approximate surface area is 232 Å². The summed E-state index contributed by atoms with van der Waals surface area (Å²) < 4.78 is 6.04. The predicted octanol–water partition coefficient (Wildman–Crippen LogP) is 2.24. The lowest BCUT2D eigenvalue weighted by molar-refractivity contribution is -0.123. The quantitative estimate of drug-likeness (QED) is 0.288. The molecule has 0 saturated carbocycles. The van der Waals surface area contributed by atoms with Crippen LogP contribution in [-0.4, -0.2) is 74.6 Å². The molecule has 0 aliphatic carbocycles. The second kappa shape index (κ2) is 14.0. The van der Waals surface area contributed by atoms with Crippen molar-refractivity contribution in [3.63, 3.8) is 0 Å². The summed E-state index contributed by atoms with van der Waals surface area (Å²) in [5.41, 5.74) is 1.71. The lowest BCUT2D eigenvalue weighted by Crippen LogP contribution is -2.44. The normalized spacial score (nSPS) is 12.1. The molecule has 3 amide bonds. The number of pyridine rings is 1. The molecule has 13 heteroatoms. The van der Waals surface area contributed by atoms with Crippen molar-refractivity contribution in [3.8, 4) is 0 Å². The molecule has 0 bridgehead atoms. The molecule has 3 rings (SSSR count). The van der Waals surface area contributed by atoms with Gasteiger partial charge in [0.25, 0.3) is 5.56 Å². The van der Waals surface area contributed by atoms with Crippen molar-refractivity contribution in [1.82, 2.24) is 34.7 Å². The number of aryl methyl sites for hydroxylation is 1. The number of hydrogen-bond donors (Lipinski definition) is 3. The van der Waals surface area contributed by atoms with Crippen LogP contribution in [0.2, 0.25) is 0 Å². The molecule has 0 aromatic carbocycles. The number of allylic oxidation sites excluding steroid dienone is 1. The molecule has 40 heavy (non-hydrogen) atoms. The van der Waals surface area contributed by atoms with Gasteiger partial charge in [-0.2, -0.15) is 0 Å². The topological polar surface area (TPSA) is 164 Å². The summed E-state index contributed by atoms with van der Waals surface area (Å²) in [4.78, 5) is 67.6. The van der Waals surface area contributed by atoms with Crippen molar-refractivity contribution >= 4 is 34.8 Å². The van der Waals surface area contributed by atoms with E-state index in [1.807, 2.05) is 0 Å². The van der Waals surface area contributed by atoms with Gasteiger partial charge in [0.15, 0.2) is 5.65 Å². The Balaban J connectivity index is 1.74. The highest BCUT2D eigenvalue weighted by atomic mass is 16.5. The molecule has 13 nitrogen and oxygen atoms in total. The smallest absolute Gasteiger partial charge is 0.407 e. The molecule has 0 spiro atoms. The second-order valence-electron chi connectivity index (χ2n) is 9.88. The van der Waals surface area contributed by atoms with Crippen LogP contribution >= 0.6 is 0 Å². The van der Waals surface area contributed by atoms with Gasteiger partial charge in [-0.05, 0) is 49.8 Å². The van der Waals surface area contributed by atoms with Gasteiger partial charge in [0, 0.05) is 20.3 Å². The minimum absolute atomic E-state index is 0.0380. The third-order valence-electron chi connectivity index (χ3n) is 6.08. The fourth-order valence-corrected chi connectivity index (χ4v) is 3.81. The van der Waals surface area contributed by atoms with Crippen LogP contribution in [0.15, 0.2) is 41.6 Å². The van der Waals surface area contributed by atoms with Crippen LogP contribution < -0.4 is 16.2 Å². The molecule has 0 unspecified atom stereocenters. The van der Waals surface area contributed by atoms with E-state index in [0.717, 1.165) is 18.5 Å². The summed E-state index contributed by atoms with van der Waals surface area (Å²) in [5, 5.41) is 5.07. The van der Waals surface area contributed by atoms with E-state index in [9.17, 15) is 19.2 Å². The number of amides is 3. The number of aromatic amines is 1. The fourth-order valence-electron chi connectivity index (χ4n) is 3.81. The van der Waals surface area contributed by atoms with E-state index in [4.69, 9.17) is 0 Å². The lowest BCUT2D eigenvalue weighted by Gasteiger charge is -2.17. The van der Waals surface area contributed by atoms with Crippen LogP contribution in [0.4, 0.5) is 10.5 Å². The molecule has 0 aliphatic rings. The molecule has 0 fully saturated rings. The zero-order valence-electron chi connectivity index (χ0n) is 23.4. The molecule has 0 aliphatic heterocycles. The minimum Gasteiger partial charge on any atom is -0.453 e. The van der Waals surface area contributed by atoms with Crippen LogP contribution in [0.5, 0.6) is 0 Å². The summed E-state index contributed by atoms with van der Waals surface area (Å²) in [5.74, 6) is 0.249. The first kappa shape index (κ1) is 30.0. The highest BCUT2D eigenvalue weighted by Crippen LogP contribution is 2.16. The summed E-state index contributed by atoms with van der Waals surface area (Å²) in [6, 6.07) is 2.11. The molecule has 1 atom stereocenters. The molecule has 3 heterocycles. The van der Waals surface area contributed by atoms with Crippen LogP contribution in [0.25, 0.3) is 11.2 Å². The van der Waals surface area contributed by atoms with Gasteiger partial charge in [0.1, 0.15) is 29.4 Å². The van der Waals surface area contributed by atoms with E-state index in [1.165, 1.54) is 35.0 Å². The van der Waals surface area contributed by atoms with Crippen LogP contribution in [-0.2, 0) is 27.3 Å². The average molecular weight is 553 g/mol. The van der Waals surface area contributed by atoms with E-state index in [0.29, 0.717) is 29.3 Å². The first-order valence-corrected chi connectivity index (χ1v) is 13.0. The van der Waals surface area contributed by atoms with E-state index < -0.39 is 23.6 Å². The summed E-state index contributed by atoms with van der Waals surface area (Å²) in [6.45, 7) is 4.41. The van der Waals surface area contributed by atoms with Crippen molar-refractivity contribution in [1.29, 1.82) is 0 Å². The van der Waals surface area contributed by atoms with E-state index in [2.05, 4.69) is 49.2 Å². The third kappa shape index (κ3) is 8.22. The number of likely N-dealkylation sites (N-methyl/N-ethyl adjacent to an activating group) is 1. The number of nitrogens with one attached hydrogen (secondary N) is 3. The Morgan fingerprint density at radius 1 is 1.20 bits per heavy atom. The number of hydrogen-bond acceptors (Lipinski definition) is 8. The van der Waals surface area contributed by atoms with Gasteiger partial charge < -0.3 is 29.8 Å². The molecule has 214 valence electrons. The first-order valence-electron chi connectivity index (χ1n) is 13.0. The largest absolute Gasteiger partial charge is 0.453 e. The highest BCUT2D eigenvalue weighted by Gasteiger charge is 2.22. The molecule has 0 radical (unpaired) electrons. The number of methoxy groups -OCH3 is 1. The zero-order valence-corrected chi connectivity index (χ0v) is 23.4. The zero-order chi connectivity index (χ0) is 29.2. The van der Waals surface area contributed by atoms with Crippen LogP contribution in [0.3, 0.4) is 0 Å². The van der Waals surface area contributed by atoms with Gasteiger partial charge >= 0.3 is 6.09 Å². The summed E-state index contributed by atoms with van der Waals surface area (Å²) >= 11 is 0. The molecule has 3 aromatic rings. The SMILES string of the molecule is COC(=O)N[C@@H](CC/C=C/C(=O)N(C)C)C(=O)Nc1cccn(Cc2nc3c(CCC(C)C)ncnc3[nH]2)c1=O. The van der Waals surface area contributed by atoms with Crippen molar-refractivity contribution in [2.45, 2.75) is 52.1 Å². The number of H-pyrrole nitrogens is 1. The van der Waals surface area contributed by atoms with Crippen molar-refractivity contribution in [2.75, 3.05) is 26.5 Å². The lowest BCUT2D eigenvalue weighted by atomic mass is 10.1. The molecule has 0 saturated heterocycles. The van der Waals surface area contributed by atoms with Crippen LogP contribution in [0, 0.1) is 5.92 Å². The number of imidazole rings is 1. The van der Waals surface area contributed by atoms with Gasteiger partial charge in [-0.15, -0.1) is 0 Å². The van der Waals surface area contributed by atoms with E-state index in [1.54, 1.807) is 32.4 Å². The van der Waals surface area contributed by atoms with Crippen molar-refractivity contribution in [2.24, 2.45) is 5.92 Å².